The molecule has 1 rings (SSSR count). The Morgan fingerprint density at radius 3 is 2.47 bits per heavy atom. The summed E-state index contributed by atoms with van der Waals surface area (Å²) in [5.74, 6) is -0.294. The molecule has 15 heavy (non-hydrogen) atoms. The predicted octanol–water partition coefficient (Wildman–Crippen LogP) is 2.77. The van der Waals surface area contributed by atoms with Gasteiger partial charge in [0.05, 0.1) is 6.04 Å². The minimum absolute atomic E-state index is 0.254. The van der Waals surface area contributed by atoms with Gasteiger partial charge in [0, 0.05) is 5.56 Å². The Labute approximate surface area is 85.2 Å². The molecule has 0 bridgehead atoms. The average molecular weight is 217 g/mol. The second-order valence-electron chi connectivity index (χ2n) is 2.85. The SMILES string of the molecule is C=C[C@@H](N)c1ccccc1OC(F)(F)F. The summed E-state index contributed by atoms with van der Waals surface area (Å²) in [4.78, 5) is 0. The van der Waals surface area contributed by atoms with Crippen LogP contribution in [0.3, 0.4) is 0 Å². The number of ether oxygens (including phenoxy) is 1. The van der Waals surface area contributed by atoms with Crippen molar-refractivity contribution in [2.45, 2.75) is 12.4 Å². The second-order valence-corrected chi connectivity index (χ2v) is 2.85. The first kappa shape index (κ1) is 11.6. The van der Waals surface area contributed by atoms with Crippen molar-refractivity contribution in [2.24, 2.45) is 5.73 Å². The lowest BCUT2D eigenvalue weighted by molar-refractivity contribution is -0.274. The summed E-state index contributed by atoms with van der Waals surface area (Å²) in [7, 11) is 0. The van der Waals surface area contributed by atoms with Gasteiger partial charge in [-0.1, -0.05) is 24.3 Å². The van der Waals surface area contributed by atoms with E-state index >= 15 is 0 Å². The smallest absolute Gasteiger partial charge is 0.405 e. The van der Waals surface area contributed by atoms with E-state index < -0.39 is 12.4 Å². The van der Waals surface area contributed by atoms with Crippen LogP contribution in [-0.2, 0) is 0 Å². The summed E-state index contributed by atoms with van der Waals surface area (Å²) in [5, 5.41) is 0. The van der Waals surface area contributed by atoms with Crippen LogP contribution in [0.15, 0.2) is 36.9 Å². The predicted molar refractivity (Wildman–Crippen MR) is 50.3 cm³/mol. The number of benzene rings is 1. The Kier molecular flexibility index (Phi) is 3.36. The molecule has 0 radical (unpaired) electrons. The van der Waals surface area contributed by atoms with E-state index in [1.54, 1.807) is 6.07 Å². The maximum Gasteiger partial charge on any atom is 0.573 e. The van der Waals surface area contributed by atoms with Crippen molar-refractivity contribution >= 4 is 0 Å². The minimum atomic E-state index is -4.71. The van der Waals surface area contributed by atoms with Crippen LogP contribution < -0.4 is 10.5 Å². The molecule has 0 saturated carbocycles. The Hall–Kier alpha value is -1.49. The van der Waals surface area contributed by atoms with Crippen LogP contribution in [0.2, 0.25) is 0 Å². The summed E-state index contributed by atoms with van der Waals surface area (Å²) >= 11 is 0. The van der Waals surface area contributed by atoms with Crippen molar-refractivity contribution in [3.05, 3.63) is 42.5 Å². The van der Waals surface area contributed by atoms with Crippen molar-refractivity contribution in [3.8, 4) is 5.75 Å². The van der Waals surface area contributed by atoms with E-state index in [2.05, 4.69) is 11.3 Å². The Morgan fingerprint density at radius 1 is 1.33 bits per heavy atom. The van der Waals surface area contributed by atoms with E-state index in [0.717, 1.165) is 0 Å². The highest BCUT2D eigenvalue weighted by atomic mass is 19.4. The molecule has 0 heterocycles. The van der Waals surface area contributed by atoms with Gasteiger partial charge in [-0.25, -0.2) is 0 Å². The topological polar surface area (TPSA) is 35.2 Å². The van der Waals surface area contributed by atoms with Crippen molar-refractivity contribution in [1.29, 1.82) is 0 Å². The van der Waals surface area contributed by atoms with Gasteiger partial charge in [-0.2, -0.15) is 0 Å². The van der Waals surface area contributed by atoms with E-state index in [4.69, 9.17) is 5.73 Å². The first-order valence-electron chi connectivity index (χ1n) is 4.17. The maximum absolute atomic E-state index is 12.0. The lowest BCUT2D eigenvalue weighted by atomic mass is 10.1. The highest BCUT2D eigenvalue weighted by Gasteiger charge is 2.32. The van der Waals surface area contributed by atoms with Crippen LogP contribution in [0, 0.1) is 0 Å². The number of alkyl halides is 3. The van der Waals surface area contributed by atoms with E-state index in [1.165, 1.54) is 24.3 Å². The molecule has 82 valence electrons. The lowest BCUT2D eigenvalue weighted by Crippen LogP contribution is -2.19. The average Bonchev–Trinajstić information content (AvgIpc) is 2.15. The zero-order valence-electron chi connectivity index (χ0n) is 7.79. The number of nitrogens with two attached hydrogens (primary N) is 1. The molecule has 0 aliphatic rings. The Balaban J connectivity index is 3.01. The number of hydrogen-bond donors (Lipinski definition) is 1. The molecule has 0 aliphatic heterocycles. The molecule has 0 unspecified atom stereocenters. The van der Waals surface area contributed by atoms with Crippen LogP contribution in [-0.4, -0.2) is 6.36 Å². The number of rotatable bonds is 3. The van der Waals surface area contributed by atoms with Crippen LogP contribution in [0.5, 0.6) is 5.75 Å². The number of halogens is 3. The van der Waals surface area contributed by atoms with Crippen LogP contribution >= 0.6 is 0 Å². The van der Waals surface area contributed by atoms with Gasteiger partial charge in [0.15, 0.2) is 0 Å². The molecule has 5 heteroatoms. The zero-order valence-corrected chi connectivity index (χ0v) is 7.79. The third-order valence-electron chi connectivity index (χ3n) is 1.76. The zero-order chi connectivity index (χ0) is 11.5. The lowest BCUT2D eigenvalue weighted by Gasteiger charge is -2.15. The van der Waals surface area contributed by atoms with E-state index in [0.29, 0.717) is 0 Å². The highest BCUT2D eigenvalue weighted by molar-refractivity contribution is 5.37. The molecule has 0 fully saturated rings. The summed E-state index contributed by atoms with van der Waals surface area (Å²) in [5.41, 5.74) is 5.80. The van der Waals surface area contributed by atoms with Crippen molar-refractivity contribution in [2.75, 3.05) is 0 Å². The van der Waals surface area contributed by atoms with Crippen LogP contribution in [0.4, 0.5) is 13.2 Å². The highest BCUT2D eigenvalue weighted by Crippen LogP contribution is 2.29. The molecular weight excluding hydrogens is 207 g/mol. The van der Waals surface area contributed by atoms with Gasteiger partial charge in [-0.05, 0) is 6.07 Å². The normalized spacial score (nSPS) is 13.3. The van der Waals surface area contributed by atoms with Crippen LogP contribution in [0.25, 0.3) is 0 Å². The monoisotopic (exact) mass is 217 g/mol. The molecule has 0 aromatic heterocycles. The third-order valence-corrected chi connectivity index (χ3v) is 1.76. The molecule has 1 aromatic rings. The summed E-state index contributed by atoms with van der Waals surface area (Å²) in [6, 6.07) is 5.03. The first-order valence-corrected chi connectivity index (χ1v) is 4.17. The Morgan fingerprint density at radius 2 is 1.93 bits per heavy atom. The number of hydrogen-bond acceptors (Lipinski definition) is 2. The molecule has 0 amide bonds. The van der Waals surface area contributed by atoms with Crippen molar-refractivity contribution in [1.82, 2.24) is 0 Å². The van der Waals surface area contributed by atoms with E-state index in [-0.39, 0.29) is 11.3 Å². The molecule has 2 N–H and O–H groups in total. The fraction of sp³-hybridized carbons (Fsp3) is 0.200. The molecule has 0 aliphatic carbocycles. The summed E-state index contributed by atoms with van der Waals surface area (Å²) < 4.78 is 39.8. The molecule has 2 nitrogen and oxygen atoms in total. The van der Waals surface area contributed by atoms with Crippen molar-refractivity contribution in [3.63, 3.8) is 0 Å². The van der Waals surface area contributed by atoms with Gasteiger partial charge in [-0.15, -0.1) is 19.8 Å². The molecule has 0 spiro atoms. The van der Waals surface area contributed by atoms with Gasteiger partial charge in [0.1, 0.15) is 5.75 Å². The van der Waals surface area contributed by atoms with Gasteiger partial charge in [0.25, 0.3) is 0 Å². The fourth-order valence-corrected chi connectivity index (χ4v) is 1.10. The third kappa shape index (κ3) is 3.28. The fourth-order valence-electron chi connectivity index (χ4n) is 1.10. The van der Waals surface area contributed by atoms with Gasteiger partial charge >= 0.3 is 6.36 Å². The number of para-hydroxylation sites is 1. The summed E-state index contributed by atoms with van der Waals surface area (Å²) in [6.07, 6.45) is -3.37. The van der Waals surface area contributed by atoms with Gasteiger partial charge < -0.3 is 10.5 Å². The second kappa shape index (κ2) is 4.35. The van der Waals surface area contributed by atoms with E-state index in [1.807, 2.05) is 0 Å². The van der Waals surface area contributed by atoms with Gasteiger partial charge in [-0.3, -0.25) is 0 Å². The molecule has 1 aromatic carbocycles. The van der Waals surface area contributed by atoms with Gasteiger partial charge in [0.2, 0.25) is 0 Å². The van der Waals surface area contributed by atoms with Crippen molar-refractivity contribution < 1.29 is 17.9 Å². The van der Waals surface area contributed by atoms with E-state index in [9.17, 15) is 13.2 Å². The molecule has 1 atom stereocenters. The Bertz CT molecular complexity index is 349. The molecular formula is C10H10F3NO. The quantitative estimate of drug-likeness (QED) is 0.790. The minimum Gasteiger partial charge on any atom is -0.405 e. The standard InChI is InChI=1S/C10H10F3NO/c1-2-8(14)7-5-3-4-6-9(7)15-10(11,12)13/h2-6,8H,1,14H2/t8-/m1/s1. The first-order chi connectivity index (χ1) is 6.94. The maximum atomic E-state index is 12.0. The summed E-state index contributed by atoms with van der Waals surface area (Å²) in [6.45, 7) is 3.41. The van der Waals surface area contributed by atoms with Crippen LogP contribution in [0.1, 0.15) is 11.6 Å². The largest absolute Gasteiger partial charge is 0.573 e. The molecule has 0 saturated heterocycles.